The Morgan fingerprint density at radius 3 is 2.90 bits per heavy atom. The van der Waals surface area contributed by atoms with E-state index in [9.17, 15) is 9.90 Å². The third-order valence-electron chi connectivity index (χ3n) is 3.58. The highest BCUT2D eigenvalue weighted by Crippen LogP contribution is 2.33. The van der Waals surface area contributed by atoms with Crippen LogP contribution in [0.3, 0.4) is 0 Å². The van der Waals surface area contributed by atoms with Gasteiger partial charge in [-0.2, -0.15) is 0 Å². The van der Waals surface area contributed by atoms with Crippen LogP contribution in [0.2, 0.25) is 0 Å². The normalized spacial score (nSPS) is 14.5. The summed E-state index contributed by atoms with van der Waals surface area (Å²) in [4.78, 5) is 11.4. The number of para-hydroxylation sites is 1. The first-order valence-corrected chi connectivity index (χ1v) is 7.01. The number of ether oxygens (including phenoxy) is 1. The number of fused-ring (bicyclic) bond motifs is 1. The van der Waals surface area contributed by atoms with Gasteiger partial charge in [-0.15, -0.1) is 0 Å². The summed E-state index contributed by atoms with van der Waals surface area (Å²) in [5.74, 6) is 0.675. The average molecular weight is 283 g/mol. The molecule has 0 fully saturated rings. The van der Waals surface area contributed by atoms with Crippen LogP contribution in [0.4, 0.5) is 5.69 Å². The van der Waals surface area contributed by atoms with Gasteiger partial charge in [0.1, 0.15) is 11.9 Å². The molecule has 3 rings (SSSR count). The summed E-state index contributed by atoms with van der Waals surface area (Å²) >= 11 is 0. The van der Waals surface area contributed by atoms with Crippen molar-refractivity contribution < 1.29 is 14.6 Å². The summed E-state index contributed by atoms with van der Waals surface area (Å²) in [5.41, 5.74) is 3.24. The summed E-state index contributed by atoms with van der Waals surface area (Å²) in [6.45, 7) is 2.46. The minimum absolute atomic E-state index is 0.00800. The Morgan fingerprint density at radius 1 is 1.29 bits per heavy atom. The molecule has 1 heterocycles. The van der Waals surface area contributed by atoms with E-state index in [0.29, 0.717) is 18.8 Å². The third-order valence-corrected chi connectivity index (χ3v) is 3.58. The second-order valence-electron chi connectivity index (χ2n) is 5.01. The number of benzene rings is 2. The first-order valence-electron chi connectivity index (χ1n) is 7.01. The number of hydrogen-bond acceptors (Lipinski definition) is 3. The van der Waals surface area contributed by atoms with Crippen molar-refractivity contribution in [1.29, 1.82) is 0 Å². The highest BCUT2D eigenvalue weighted by Gasteiger charge is 2.21. The number of nitrogens with one attached hydrogen (secondary N) is 1. The van der Waals surface area contributed by atoms with E-state index in [1.54, 1.807) is 0 Å². The summed E-state index contributed by atoms with van der Waals surface area (Å²) in [7, 11) is 0. The Morgan fingerprint density at radius 2 is 2.10 bits per heavy atom. The minimum atomic E-state index is -0.770. The van der Waals surface area contributed by atoms with Gasteiger partial charge in [-0.05, 0) is 30.2 Å². The highest BCUT2D eigenvalue weighted by atomic mass is 16.5. The third kappa shape index (κ3) is 2.62. The smallest absolute Gasteiger partial charge is 0.228 e. The fourth-order valence-corrected chi connectivity index (χ4v) is 2.59. The zero-order chi connectivity index (χ0) is 14.8. The van der Waals surface area contributed by atoms with Gasteiger partial charge in [-0.1, -0.05) is 30.3 Å². The lowest BCUT2D eigenvalue weighted by Gasteiger charge is -2.16. The molecule has 4 heteroatoms. The molecule has 1 aliphatic rings. The van der Waals surface area contributed by atoms with E-state index in [1.807, 2.05) is 49.4 Å². The van der Waals surface area contributed by atoms with Crippen molar-refractivity contribution in [3.8, 4) is 5.75 Å². The highest BCUT2D eigenvalue weighted by molar-refractivity contribution is 5.99. The minimum Gasteiger partial charge on any atom is -0.493 e. The van der Waals surface area contributed by atoms with E-state index in [-0.39, 0.29) is 5.91 Å². The van der Waals surface area contributed by atoms with Gasteiger partial charge in [-0.3, -0.25) is 4.79 Å². The molecule has 2 aromatic carbocycles. The van der Waals surface area contributed by atoms with Gasteiger partial charge in [-0.25, -0.2) is 0 Å². The molecular formula is C17H17NO3. The number of aliphatic hydroxyl groups excluding tert-OH is 1. The van der Waals surface area contributed by atoms with Crippen LogP contribution >= 0.6 is 0 Å². The van der Waals surface area contributed by atoms with Crippen LogP contribution in [-0.4, -0.2) is 17.6 Å². The number of anilines is 1. The van der Waals surface area contributed by atoms with Crippen molar-refractivity contribution in [3.63, 3.8) is 0 Å². The second kappa shape index (κ2) is 5.58. The predicted molar refractivity (Wildman–Crippen MR) is 80.4 cm³/mol. The van der Waals surface area contributed by atoms with Gasteiger partial charge in [0.15, 0.2) is 0 Å². The standard InChI is InChI=1S/C17H17NO3/c1-2-21-15-6-4-3-5-13(15)17(20)11-7-8-14-12(9-11)10-16(19)18-14/h3-9,17,20H,2,10H2,1H3,(H,18,19). The van der Waals surface area contributed by atoms with Crippen molar-refractivity contribution in [2.24, 2.45) is 0 Å². The van der Waals surface area contributed by atoms with E-state index >= 15 is 0 Å². The Balaban J connectivity index is 1.94. The van der Waals surface area contributed by atoms with Gasteiger partial charge in [0.25, 0.3) is 0 Å². The second-order valence-corrected chi connectivity index (χ2v) is 5.01. The van der Waals surface area contributed by atoms with E-state index in [4.69, 9.17) is 4.74 Å². The molecule has 0 spiro atoms. The van der Waals surface area contributed by atoms with E-state index < -0.39 is 6.10 Å². The van der Waals surface area contributed by atoms with Crippen molar-refractivity contribution in [3.05, 3.63) is 59.2 Å². The molecule has 1 atom stereocenters. The molecule has 2 aromatic rings. The largest absolute Gasteiger partial charge is 0.493 e. The van der Waals surface area contributed by atoms with Gasteiger partial charge >= 0.3 is 0 Å². The first-order chi connectivity index (χ1) is 10.2. The number of rotatable bonds is 4. The summed E-state index contributed by atoms with van der Waals surface area (Å²) in [6.07, 6.45) is -0.406. The predicted octanol–water partition coefficient (Wildman–Crippen LogP) is 2.66. The quantitative estimate of drug-likeness (QED) is 0.907. The maximum absolute atomic E-state index is 11.4. The Bertz CT molecular complexity index is 681. The lowest BCUT2D eigenvalue weighted by atomic mass is 9.98. The average Bonchev–Trinajstić information content (AvgIpc) is 2.86. The zero-order valence-electron chi connectivity index (χ0n) is 11.8. The molecule has 21 heavy (non-hydrogen) atoms. The molecule has 0 saturated heterocycles. The lowest BCUT2D eigenvalue weighted by molar-refractivity contribution is -0.115. The van der Waals surface area contributed by atoms with Crippen LogP contribution in [-0.2, 0) is 11.2 Å². The van der Waals surface area contributed by atoms with E-state index in [2.05, 4.69) is 5.32 Å². The number of aliphatic hydroxyl groups is 1. The molecule has 1 aliphatic heterocycles. The van der Waals surface area contributed by atoms with Crippen molar-refractivity contribution in [2.75, 3.05) is 11.9 Å². The number of carbonyl (C=O) groups excluding carboxylic acids is 1. The molecule has 0 aliphatic carbocycles. The van der Waals surface area contributed by atoms with Crippen LogP contribution < -0.4 is 10.1 Å². The van der Waals surface area contributed by atoms with Crippen LogP contribution in [0.5, 0.6) is 5.75 Å². The maximum atomic E-state index is 11.4. The van der Waals surface area contributed by atoms with Gasteiger partial charge in [0, 0.05) is 11.3 Å². The molecule has 4 nitrogen and oxygen atoms in total. The molecule has 0 bridgehead atoms. The maximum Gasteiger partial charge on any atom is 0.228 e. The van der Waals surface area contributed by atoms with E-state index in [0.717, 1.165) is 22.4 Å². The summed E-state index contributed by atoms with van der Waals surface area (Å²) < 4.78 is 5.56. The fraction of sp³-hybridized carbons (Fsp3) is 0.235. The molecular weight excluding hydrogens is 266 g/mol. The fourth-order valence-electron chi connectivity index (χ4n) is 2.59. The van der Waals surface area contributed by atoms with Crippen LogP contribution in [0, 0.1) is 0 Å². The monoisotopic (exact) mass is 283 g/mol. The van der Waals surface area contributed by atoms with Crippen LogP contribution in [0.15, 0.2) is 42.5 Å². The number of carbonyl (C=O) groups is 1. The van der Waals surface area contributed by atoms with Gasteiger partial charge in [0.05, 0.1) is 13.0 Å². The first kappa shape index (κ1) is 13.6. The van der Waals surface area contributed by atoms with Gasteiger partial charge < -0.3 is 15.2 Å². The Labute approximate surface area is 123 Å². The Hall–Kier alpha value is -2.33. The van der Waals surface area contributed by atoms with Crippen molar-refractivity contribution >= 4 is 11.6 Å². The molecule has 108 valence electrons. The summed E-state index contributed by atoms with van der Waals surface area (Å²) in [6, 6.07) is 13.0. The Kier molecular flexibility index (Phi) is 3.62. The molecule has 2 N–H and O–H groups in total. The van der Waals surface area contributed by atoms with Crippen LogP contribution in [0.25, 0.3) is 0 Å². The van der Waals surface area contributed by atoms with Crippen LogP contribution in [0.1, 0.15) is 29.7 Å². The molecule has 0 aromatic heterocycles. The lowest BCUT2D eigenvalue weighted by Crippen LogP contribution is -2.04. The molecule has 0 saturated carbocycles. The van der Waals surface area contributed by atoms with Gasteiger partial charge in [0.2, 0.25) is 5.91 Å². The zero-order valence-corrected chi connectivity index (χ0v) is 11.8. The van der Waals surface area contributed by atoms with Crippen molar-refractivity contribution in [1.82, 2.24) is 0 Å². The number of amides is 1. The molecule has 1 amide bonds. The molecule has 1 unspecified atom stereocenters. The number of hydrogen-bond donors (Lipinski definition) is 2. The van der Waals surface area contributed by atoms with E-state index in [1.165, 1.54) is 0 Å². The molecule has 0 radical (unpaired) electrons. The SMILES string of the molecule is CCOc1ccccc1C(O)c1ccc2c(c1)CC(=O)N2. The van der Waals surface area contributed by atoms with Crippen molar-refractivity contribution in [2.45, 2.75) is 19.4 Å². The topological polar surface area (TPSA) is 58.6 Å². The summed E-state index contributed by atoms with van der Waals surface area (Å²) in [5, 5.41) is 13.4.